The van der Waals surface area contributed by atoms with Crippen molar-refractivity contribution in [2.45, 2.75) is 142 Å². The maximum atomic E-state index is 12.7. The van der Waals surface area contributed by atoms with E-state index >= 15 is 0 Å². The first-order chi connectivity index (χ1) is 13.4. The fraction of sp³-hybridized carbons (Fsp3) is 0.880. The second kappa shape index (κ2) is 11.9. The van der Waals surface area contributed by atoms with E-state index in [1.165, 1.54) is 77.0 Å². The normalized spacial score (nSPS) is 22.1. The van der Waals surface area contributed by atoms with Gasteiger partial charge in [0.1, 0.15) is 5.60 Å². The SMILES string of the molecule is CCCCCCCCCCCCC1=CC2CCCC(C1)N2C(=O)OC(C)(C)C. The minimum Gasteiger partial charge on any atom is -0.444 e. The van der Waals surface area contributed by atoms with Gasteiger partial charge in [-0.3, -0.25) is 4.90 Å². The van der Waals surface area contributed by atoms with Crippen LogP contribution in [0.15, 0.2) is 11.6 Å². The zero-order chi connectivity index (χ0) is 20.4. The van der Waals surface area contributed by atoms with E-state index in [0.29, 0.717) is 6.04 Å². The molecule has 0 aromatic heterocycles. The molecule has 1 saturated heterocycles. The fourth-order valence-corrected chi connectivity index (χ4v) is 4.74. The molecule has 2 bridgehead atoms. The topological polar surface area (TPSA) is 29.5 Å². The lowest BCUT2D eigenvalue weighted by Crippen LogP contribution is -2.53. The number of hydrogen-bond acceptors (Lipinski definition) is 2. The molecule has 2 rings (SSSR count). The van der Waals surface area contributed by atoms with Crippen LogP contribution >= 0.6 is 0 Å². The Morgan fingerprint density at radius 2 is 1.61 bits per heavy atom. The van der Waals surface area contributed by atoms with Crippen LogP contribution in [0.25, 0.3) is 0 Å². The number of ether oxygens (including phenoxy) is 1. The molecule has 0 spiro atoms. The van der Waals surface area contributed by atoms with Gasteiger partial charge in [0.15, 0.2) is 0 Å². The van der Waals surface area contributed by atoms with Crippen LogP contribution in [0, 0.1) is 0 Å². The molecule has 0 N–H and O–H groups in total. The van der Waals surface area contributed by atoms with Crippen molar-refractivity contribution in [1.82, 2.24) is 4.90 Å². The lowest BCUT2D eigenvalue weighted by molar-refractivity contribution is -0.00159. The number of hydrogen-bond donors (Lipinski definition) is 0. The van der Waals surface area contributed by atoms with Crippen LogP contribution in [0.3, 0.4) is 0 Å². The minimum absolute atomic E-state index is 0.114. The largest absolute Gasteiger partial charge is 0.444 e. The van der Waals surface area contributed by atoms with Crippen molar-refractivity contribution in [3.63, 3.8) is 0 Å². The second-order valence-corrected chi connectivity index (χ2v) is 10.0. The van der Waals surface area contributed by atoms with Crippen LogP contribution in [0.5, 0.6) is 0 Å². The molecule has 3 heteroatoms. The van der Waals surface area contributed by atoms with Crippen molar-refractivity contribution in [3.8, 4) is 0 Å². The number of carbonyl (C=O) groups is 1. The van der Waals surface area contributed by atoms with E-state index in [1.807, 2.05) is 25.7 Å². The van der Waals surface area contributed by atoms with E-state index in [1.54, 1.807) is 5.57 Å². The third-order valence-corrected chi connectivity index (χ3v) is 6.17. The molecule has 2 aliphatic heterocycles. The molecule has 162 valence electrons. The van der Waals surface area contributed by atoms with Crippen molar-refractivity contribution >= 4 is 6.09 Å². The Morgan fingerprint density at radius 3 is 2.18 bits per heavy atom. The number of piperidine rings is 1. The highest BCUT2D eigenvalue weighted by Gasteiger charge is 2.38. The molecule has 0 aromatic carbocycles. The zero-order valence-electron chi connectivity index (χ0n) is 19.1. The monoisotopic (exact) mass is 391 g/mol. The van der Waals surface area contributed by atoms with Crippen LogP contribution in [-0.2, 0) is 4.74 Å². The summed E-state index contributed by atoms with van der Waals surface area (Å²) >= 11 is 0. The van der Waals surface area contributed by atoms with Gasteiger partial charge in [-0.1, -0.05) is 76.4 Å². The number of nitrogens with zero attached hydrogens (tertiary/aromatic N) is 1. The highest BCUT2D eigenvalue weighted by Crippen LogP contribution is 2.36. The number of carbonyl (C=O) groups excluding carboxylic acids is 1. The molecule has 28 heavy (non-hydrogen) atoms. The number of amides is 1. The Labute approximate surface area is 174 Å². The number of unbranched alkanes of at least 4 members (excludes halogenated alkanes) is 9. The first-order valence-corrected chi connectivity index (χ1v) is 12.1. The van der Waals surface area contributed by atoms with E-state index in [0.717, 1.165) is 19.3 Å². The molecule has 2 atom stereocenters. The number of rotatable bonds is 11. The highest BCUT2D eigenvalue weighted by molar-refractivity contribution is 5.70. The first kappa shape index (κ1) is 23.3. The molecule has 0 aromatic rings. The van der Waals surface area contributed by atoms with Crippen molar-refractivity contribution in [2.75, 3.05) is 0 Å². The molecular formula is C25H45NO2. The highest BCUT2D eigenvalue weighted by atomic mass is 16.6. The molecule has 3 nitrogen and oxygen atoms in total. The van der Waals surface area contributed by atoms with Crippen molar-refractivity contribution in [1.29, 1.82) is 0 Å². The third kappa shape index (κ3) is 8.17. The maximum Gasteiger partial charge on any atom is 0.411 e. The van der Waals surface area contributed by atoms with Gasteiger partial charge in [-0.15, -0.1) is 0 Å². The lowest BCUT2D eigenvalue weighted by atomic mass is 9.84. The Balaban J connectivity index is 1.67. The minimum atomic E-state index is -0.411. The quantitative estimate of drug-likeness (QED) is 0.266. The van der Waals surface area contributed by atoms with Gasteiger partial charge >= 0.3 is 6.09 Å². The molecule has 2 aliphatic rings. The molecular weight excluding hydrogens is 346 g/mol. The fourth-order valence-electron chi connectivity index (χ4n) is 4.74. The van der Waals surface area contributed by atoms with E-state index in [-0.39, 0.29) is 12.1 Å². The van der Waals surface area contributed by atoms with Crippen molar-refractivity contribution < 1.29 is 9.53 Å². The third-order valence-electron chi connectivity index (χ3n) is 6.17. The van der Waals surface area contributed by atoms with Crippen molar-refractivity contribution in [2.24, 2.45) is 0 Å². The second-order valence-electron chi connectivity index (χ2n) is 10.0. The van der Waals surface area contributed by atoms with Gasteiger partial charge < -0.3 is 4.74 Å². The molecule has 2 unspecified atom stereocenters. The Bertz CT molecular complexity index is 491. The first-order valence-electron chi connectivity index (χ1n) is 12.1. The maximum absolute atomic E-state index is 12.7. The predicted molar refractivity (Wildman–Crippen MR) is 119 cm³/mol. The summed E-state index contributed by atoms with van der Waals surface area (Å²) in [5.74, 6) is 0. The summed E-state index contributed by atoms with van der Waals surface area (Å²) in [6, 6.07) is 0.622. The standard InChI is InChI=1S/C25H45NO2/c1-5-6-7-8-9-10-11-12-13-14-16-21-19-22-17-15-18-23(20-21)26(22)24(27)28-25(2,3)4/h19,22-23H,5-18,20H2,1-4H3. The van der Waals surface area contributed by atoms with Gasteiger partial charge in [-0.25, -0.2) is 4.79 Å². The van der Waals surface area contributed by atoms with Gasteiger partial charge in [-0.2, -0.15) is 0 Å². The average Bonchev–Trinajstić information content (AvgIpc) is 2.61. The zero-order valence-corrected chi connectivity index (χ0v) is 19.1. The summed E-state index contributed by atoms with van der Waals surface area (Å²) in [5.41, 5.74) is 1.18. The van der Waals surface area contributed by atoms with E-state index < -0.39 is 5.60 Å². The van der Waals surface area contributed by atoms with E-state index in [2.05, 4.69) is 13.0 Å². The summed E-state index contributed by atoms with van der Waals surface area (Å²) in [6.45, 7) is 8.15. The van der Waals surface area contributed by atoms with Crippen LogP contribution in [0.4, 0.5) is 4.79 Å². The summed E-state index contributed by atoms with van der Waals surface area (Å²) < 4.78 is 5.67. The summed E-state index contributed by atoms with van der Waals surface area (Å²) in [4.78, 5) is 14.7. The summed E-state index contributed by atoms with van der Waals surface area (Å²) in [5, 5.41) is 0. The molecule has 1 fully saturated rings. The summed E-state index contributed by atoms with van der Waals surface area (Å²) in [6.07, 6.45) is 21.9. The average molecular weight is 392 g/mol. The van der Waals surface area contributed by atoms with E-state index in [9.17, 15) is 4.79 Å². The Hall–Kier alpha value is -0.990. The van der Waals surface area contributed by atoms with Crippen LogP contribution in [0.2, 0.25) is 0 Å². The van der Waals surface area contributed by atoms with Crippen LogP contribution < -0.4 is 0 Å². The molecule has 0 aliphatic carbocycles. The Kier molecular flexibility index (Phi) is 9.88. The van der Waals surface area contributed by atoms with Crippen molar-refractivity contribution in [3.05, 3.63) is 11.6 Å². The van der Waals surface area contributed by atoms with Gasteiger partial charge in [0, 0.05) is 6.04 Å². The van der Waals surface area contributed by atoms with Gasteiger partial charge in [0.25, 0.3) is 0 Å². The number of fused-ring (bicyclic) bond motifs is 2. The molecule has 0 radical (unpaired) electrons. The predicted octanol–water partition coefficient (Wildman–Crippen LogP) is 7.79. The lowest BCUT2D eigenvalue weighted by Gasteiger charge is -2.45. The molecule has 2 heterocycles. The van der Waals surface area contributed by atoms with Crippen LogP contribution in [-0.4, -0.2) is 28.7 Å². The van der Waals surface area contributed by atoms with Gasteiger partial charge in [-0.05, 0) is 59.3 Å². The van der Waals surface area contributed by atoms with Gasteiger partial charge in [0.05, 0.1) is 6.04 Å². The van der Waals surface area contributed by atoms with Crippen LogP contribution in [0.1, 0.15) is 124 Å². The van der Waals surface area contributed by atoms with Gasteiger partial charge in [0.2, 0.25) is 0 Å². The molecule has 1 amide bonds. The summed E-state index contributed by atoms with van der Waals surface area (Å²) in [7, 11) is 0. The Morgan fingerprint density at radius 1 is 1.00 bits per heavy atom. The molecule has 0 saturated carbocycles. The van der Waals surface area contributed by atoms with E-state index in [4.69, 9.17) is 4.74 Å². The smallest absolute Gasteiger partial charge is 0.411 e.